The molecule has 2 aliphatic rings. The van der Waals surface area contributed by atoms with Gasteiger partial charge in [-0.3, -0.25) is 0 Å². The van der Waals surface area contributed by atoms with Crippen LogP contribution in [0.3, 0.4) is 0 Å². The second-order valence-electron chi connectivity index (χ2n) is 14.9. The van der Waals surface area contributed by atoms with Gasteiger partial charge in [-0.25, -0.2) is 19.5 Å². The van der Waals surface area contributed by atoms with Crippen molar-refractivity contribution in [3.05, 3.63) is 42.1 Å². The molecule has 0 radical (unpaired) electrons. The van der Waals surface area contributed by atoms with E-state index in [0.29, 0.717) is 61.4 Å². The van der Waals surface area contributed by atoms with Crippen molar-refractivity contribution in [3.8, 4) is 5.75 Å². The number of carboxylic acid groups (broad SMARTS) is 1. The Kier molecular flexibility index (Phi) is 9.53. The summed E-state index contributed by atoms with van der Waals surface area (Å²) in [6, 6.07) is 8.93. The summed E-state index contributed by atoms with van der Waals surface area (Å²) in [6.07, 6.45) is 2.29. The van der Waals surface area contributed by atoms with Crippen LogP contribution >= 0.6 is 0 Å². The molecule has 1 unspecified atom stereocenters. The molecule has 1 aromatic carbocycles. The van der Waals surface area contributed by atoms with Crippen LogP contribution in [0.5, 0.6) is 5.75 Å². The second-order valence-corrected chi connectivity index (χ2v) is 19.8. The Morgan fingerprint density at radius 1 is 1.09 bits per heavy atom. The Balaban J connectivity index is 1.67. The van der Waals surface area contributed by atoms with Crippen LogP contribution in [0.2, 0.25) is 18.1 Å². The van der Waals surface area contributed by atoms with Gasteiger partial charge in [0.15, 0.2) is 19.8 Å². The Hall–Kier alpha value is -3.84. The Morgan fingerprint density at radius 3 is 2.40 bits per heavy atom. The fourth-order valence-corrected chi connectivity index (χ4v) is 7.09. The highest BCUT2D eigenvalue weighted by atomic mass is 28.4. The number of rotatable bonds is 8. The van der Waals surface area contributed by atoms with Crippen LogP contribution in [0.15, 0.2) is 36.5 Å². The lowest BCUT2D eigenvalue weighted by Crippen LogP contribution is -2.54. The first-order valence-corrected chi connectivity index (χ1v) is 19.4. The molecule has 256 valence electrons. The maximum atomic E-state index is 14.2. The van der Waals surface area contributed by atoms with Gasteiger partial charge in [-0.1, -0.05) is 20.8 Å². The number of anilines is 3. The van der Waals surface area contributed by atoms with Crippen molar-refractivity contribution in [1.82, 2.24) is 19.5 Å². The summed E-state index contributed by atoms with van der Waals surface area (Å²) in [5.74, 6) is 1.95. The number of benzene rings is 1. The Bertz CT molecular complexity index is 1600. The van der Waals surface area contributed by atoms with E-state index in [0.717, 1.165) is 18.4 Å². The Morgan fingerprint density at radius 2 is 1.79 bits per heavy atom. The molecule has 2 atom stereocenters. The molecule has 0 spiro atoms. The first-order chi connectivity index (χ1) is 22.0. The number of ether oxygens (including phenoxy) is 2. The number of likely N-dealkylation sites (tertiary alicyclic amines) is 1. The monoisotopic (exact) mass is 666 g/mol. The summed E-state index contributed by atoms with van der Waals surface area (Å²) < 4.78 is 20.2. The van der Waals surface area contributed by atoms with Gasteiger partial charge in [0.1, 0.15) is 17.2 Å². The fraction of sp³-hybridized carbons (Fsp3) is 0.588. The largest absolute Gasteiger partial charge is 0.494 e. The van der Waals surface area contributed by atoms with Crippen molar-refractivity contribution in [2.75, 3.05) is 36.1 Å². The summed E-state index contributed by atoms with van der Waals surface area (Å²) in [5.41, 5.74) is 1.24. The lowest BCUT2D eigenvalue weighted by Gasteiger charge is -2.42. The zero-order valence-electron chi connectivity index (χ0n) is 29.2. The molecule has 0 saturated carbocycles. The van der Waals surface area contributed by atoms with Gasteiger partial charge in [0.05, 0.1) is 31.1 Å². The molecule has 2 aliphatic heterocycles. The quantitative estimate of drug-likeness (QED) is 0.251. The summed E-state index contributed by atoms with van der Waals surface area (Å²) in [7, 11) is -2.13. The van der Waals surface area contributed by atoms with E-state index in [2.05, 4.69) is 43.9 Å². The molecule has 4 heterocycles. The summed E-state index contributed by atoms with van der Waals surface area (Å²) in [6.45, 7) is 20.4. The normalized spacial score (nSPS) is 18.7. The maximum Gasteiger partial charge on any atom is 0.420 e. The summed E-state index contributed by atoms with van der Waals surface area (Å²) in [5, 5.41) is 14.6. The van der Waals surface area contributed by atoms with E-state index in [-0.39, 0.29) is 17.1 Å². The zero-order valence-corrected chi connectivity index (χ0v) is 30.2. The molecule has 1 saturated heterocycles. The predicted octanol–water partition coefficient (Wildman–Crippen LogP) is 7.10. The molecular formula is C34H50N6O6Si. The molecule has 5 rings (SSSR count). The van der Waals surface area contributed by atoms with Gasteiger partial charge in [-0.2, -0.15) is 9.61 Å². The van der Waals surface area contributed by atoms with Crippen molar-refractivity contribution in [2.45, 2.75) is 104 Å². The second kappa shape index (κ2) is 13.0. The van der Waals surface area contributed by atoms with Crippen LogP contribution in [0.1, 0.15) is 66.9 Å². The molecular weight excluding hydrogens is 616 g/mol. The molecule has 13 heteroatoms. The highest BCUT2D eigenvalue weighted by Crippen LogP contribution is 2.44. The van der Waals surface area contributed by atoms with Crippen LogP contribution in [0.25, 0.3) is 5.65 Å². The van der Waals surface area contributed by atoms with Gasteiger partial charge < -0.3 is 28.8 Å². The highest BCUT2D eigenvalue weighted by Gasteiger charge is 2.45. The number of carbonyl (C=O) groups is 2. The third-order valence-electron chi connectivity index (χ3n) is 9.36. The zero-order chi connectivity index (χ0) is 34.3. The topological polar surface area (TPSA) is 122 Å². The minimum absolute atomic E-state index is 0.0134. The van der Waals surface area contributed by atoms with Crippen molar-refractivity contribution >= 4 is 43.5 Å². The first kappa shape index (κ1) is 34.5. The third-order valence-corrected chi connectivity index (χ3v) is 13.9. The molecule has 1 fully saturated rings. The molecule has 0 aliphatic carbocycles. The molecule has 2 aromatic heterocycles. The smallest absolute Gasteiger partial charge is 0.420 e. The van der Waals surface area contributed by atoms with Gasteiger partial charge in [-0.05, 0) is 82.9 Å². The number of piperidine rings is 1. The van der Waals surface area contributed by atoms with E-state index >= 15 is 0 Å². The van der Waals surface area contributed by atoms with Gasteiger partial charge in [0.25, 0.3) is 0 Å². The van der Waals surface area contributed by atoms with Crippen LogP contribution in [0, 0.1) is 0 Å². The van der Waals surface area contributed by atoms with Gasteiger partial charge in [0, 0.05) is 37.2 Å². The third kappa shape index (κ3) is 7.20. The molecule has 3 aromatic rings. The SMILES string of the molecule is CCOc1ccc(N(C(=O)OC(C)(C)C)c2c3c(nc4ccnn24)N([C@H]2CCCN(C(=O)O)C2)C(CO[Si](C)(C)C(C)(C)C)C3)cc1. The van der Waals surface area contributed by atoms with Crippen LogP contribution in [0.4, 0.5) is 26.9 Å². The standard InChI is InChI=1S/C34H50N6O6Si/c1-10-44-26-15-13-23(14-16-26)39(32(43)46-33(2,3)4)30-27-20-25(22-45-47(8,9)34(5,6)7)38(24-12-11-19-37(21-24)31(41)42)29(27)36-28-17-18-35-40(28)30/h13-18,24-25H,10-12,19-22H2,1-9H3,(H,41,42)/t24-,25?/m0/s1. The number of hydrogen-bond acceptors (Lipinski definition) is 8. The van der Waals surface area contributed by atoms with E-state index in [1.807, 2.05) is 58.0 Å². The minimum atomic E-state index is -2.13. The predicted molar refractivity (Wildman–Crippen MR) is 185 cm³/mol. The van der Waals surface area contributed by atoms with Gasteiger partial charge in [0.2, 0.25) is 0 Å². The Labute approximate surface area is 278 Å². The molecule has 0 bridgehead atoms. The highest BCUT2D eigenvalue weighted by molar-refractivity contribution is 6.74. The van der Waals surface area contributed by atoms with Crippen molar-refractivity contribution in [2.24, 2.45) is 0 Å². The van der Waals surface area contributed by atoms with E-state index in [9.17, 15) is 14.7 Å². The van der Waals surface area contributed by atoms with E-state index in [4.69, 9.17) is 18.9 Å². The number of aromatic nitrogens is 3. The number of hydrogen-bond donors (Lipinski definition) is 1. The number of amides is 2. The van der Waals surface area contributed by atoms with Gasteiger partial charge in [-0.15, -0.1) is 0 Å². The average Bonchev–Trinajstić information content (AvgIpc) is 3.60. The summed E-state index contributed by atoms with van der Waals surface area (Å²) in [4.78, 5) is 36.7. The number of carbonyl (C=O) groups excluding carboxylic acids is 1. The van der Waals surface area contributed by atoms with Crippen molar-refractivity contribution < 1.29 is 28.6 Å². The number of fused-ring (bicyclic) bond motifs is 2. The van der Waals surface area contributed by atoms with Gasteiger partial charge >= 0.3 is 12.2 Å². The minimum Gasteiger partial charge on any atom is -0.494 e. The fourth-order valence-electron chi connectivity index (χ4n) is 6.05. The lowest BCUT2D eigenvalue weighted by molar-refractivity contribution is 0.0597. The average molecular weight is 667 g/mol. The first-order valence-electron chi connectivity index (χ1n) is 16.5. The van der Waals surface area contributed by atoms with Crippen molar-refractivity contribution in [1.29, 1.82) is 0 Å². The summed E-state index contributed by atoms with van der Waals surface area (Å²) >= 11 is 0. The van der Waals surface area contributed by atoms with Crippen LogP contribution in [-0.2, 0) is 15.6 Å². The molecule has 1 N–H and O–H groups in total. The molecule has 2 amide bonds. The lowest BCUT2D eigenvalue weighted by atomic mass is 10.0. The van der Waals surface area contributed by atoms with E-state index < -0.39 is 26.1 Å². The molecule has 12 nitrogen and oxygen atoms in total. The van der Waals surface area contributed by atoms with E-state index in [1.165, 1.54) is 4.90 Å². The van der Waals surface area contributed by atoms with Crippen LogP contribution < -0.4 is 14.5 Å². The molecule has 47 heavy (non-hydrogen) atoms. The maximum absolute atomic E-state index is 14.2. The number of nitrogens with zero attached hydrogens (tertiary/aromatic N) is 6. The van der Waals surface area contributed by atoms with Crippen molar-refractivity contribution in [3.63, 3.8) is 0 Å². The van der Waals surface area contributed by atoms with E-state index in [1.54, 1.807) is 15.6 Å². The van der Waals surface area contributed by atoms with Crippen LogP contribution in [-0.4, -0.2) is 89.1 Å².